The maximum Gasteiger partial charge on any atom is 0.391 e. The predicted molar refractivity (Wildman–Crippen MR) is 93.7 cm³/mol. The SMILES string of the molecule is Nc1cc(F)cc(C2(c3cc(F)cc(N)c3O)CCCC(C(F)(F)F)C2)c1O. The molecule has 0 aliphatic heterocycles. The Kier molecular flexibility index (Phi) is 4.81. The van der Waals surface area contributed by atoms with E-state index in [0.29, 0.717) is 0 Å². The van der Waals surface area contributed by atoms with E-state index in [-0.39, 0.29) is 41.8 Å². The first-order valence-electron chi connectivity index (χ1n) is 8.59. The summed E-state index contributed by atoms with van der Waals surface area (Å²) in [5.41, 5.74) is 8.29. The largest absolute Gasteiger partial charge is 0.505 e. The molecule has 0 aromatic heterocycles. The molecule has 0 radical (unpaired) electrons. The number of nitrogen functional groups attached to an aromatic ring is 2. The van der Waals surface area contributed by atoms with Gasteiger partial charge in [0.1, 0.15) is 23.1 Å². The standard InChI is InChI=1S/C19H19F5N2O2/c20-10-4-12(16(27)14(25)6-10)18(3-1-2-9(8-18)19(22,23)24)13-5-11(21)7-15(26)17(13)28/h4-7,9,27-28H,1-3,8,25-26H2. The zero-order chi connectivity index (χ0) is 20.9. The fraction of sp³-hybridized carbons (Fsp3) is 0.368. The molecule has 9 heteroatoms. The summed E-state index contributed by atoms with van der Waals surface area (Å²) in [6.45, 7) is 0. The second kappa shape index (κ2) is 6.72. The first-order chi connectivity index (χ1) is 13.0. The number of anilines is 2. The molecule has 1 fully saturated rings. The first-order valence-corrected chi connectivity index (χ1v) is 8.59. The molecular weight excluding hydrogens is 383 g/mol. The lowest BCUT2D eigenvalue weighted by molar-refractivity contribution is -0.186. The highest BCUT2D eigenvalue weighted by molar-refractivity contribution is 5.65. The normalized spacial score (nSPS) is 19.5. The van der Waals surface area contributed by atoms with Gasteiger partial charge in [-0.1, -0.05) is 6.42 Å². The molecule has 0 amide bonds. The van der Waals surface area contributed by atoms with Gasteiger partial charge in [-0.15, -0.1) is 0 Å². The Morgan fingerprint density at radius 3 is 1.79 bits per heavy atom. The fourth-order valence-corrected chi connectivity index (χ4v) is 4.16. The zero-order valence-electron chi connectivity index (χ0n) is 14.7. The van der Waals surface area contributed by atoms with Crippen molar-refractivity contribution in [2.24, 2.45) is 5.92 Å². The van der Waals surface area contributed by atoms with Crippen molar-refractivity contribution in [3.63, 3.8) is 0 Å². The van der Waals surface area contributed by atoms with E-state index in [2.05, 4.69) is 0 Å². The van der Waals surface area contributed by atoms with Crippen molar-refractivity contribution in [3.05, 3.63) is 47.0 Å². The quantitative estimate of drug-likeness (QED) is 0.336. The minimum absolute atomic E-state index is 0.00644. The molecule has 2 aromatic carbocycles. The van der Waals surface area contributed by atoms with Crippen LogP contribution < -0.4 is 11.5 Å². The van der Waals surface area contributed by atoms with Crippen LogP contribution in [0.4, 0.5) is 33.3 Å². The zero-order valence-corrected chi connectivity index (χ0v) is 14.7. The van der Waals surface area contributed by atoms with Crippen LogP contribution in [-0.4, -0.2) is 16.4 Å². The molecule has 1 atom stereocenters. The molecule has 1 unspecified atom stereocenters. The summed E-state index contributed by atoms with van der Waals surface area (Å²) in [7, 11) is 0. The second-order valence-electron chi connectivity index (χ2n) is 7.20. The average Bonchev–Trinajstić information content (AvgIpc) is 2.60. The lowest BCUT2D eigenvalue weighted by Gasteiger charge is -2.43. The van der Waals surface area contributed by atoms with Gasteiger partial charge in [0.2, 0.25) is 0 Å². The summed E-state index contributed by atoms with van der Waals surface area (Å²) < 4.78 is 68.7. The van der Waals surface area contributed by atoms with Crippen LogP contribution in [0.2, 0.25) is 0 Å². The Hall–Kier alpha value is -2.71. The molecule has 4 nitrogen and oxygen atoms in total. The summed E-state index contributed by atoms with van der Waals surface area (Å²) in [5.74, 6) is -4.75. The fourth-order valence-electron chi connectivity index (χ4n) is 4.16. The van der Waals surface area contributed by atoms with Gasteiger partial charge in [0.05, 0.1) is 17.3 Å². The Morgan fingerprint density at radius 2 is 1.36 bits per heavy atom. The van der Waals surface area contributed by atoms with Crippen LogP contribution in [0.3, 0.4) is 0 Å². The average molecular weight is 402 g/mol. The molecule has 1 saturated carbocycles. The van der Waals surface area contributed by atoms with Gasteiger partial charge in [0.25, 0.3) is 0 Å². The minimum atomic E-state index is -4.56. The number of hydrogen-bond acceptors (Lipinski definition) is 4. The van der Waals surface area contributed by atoms with Crippen molar-refractivity contribution in [2.45, 2.75) is 37.3 Å². The van der Waals surface area contributed by atoms with Crippen molar-refractivity contribution in [1.29, 1.82) is 0 Å². The molecule has 0 heterocycles. The summed E-state index contributed by atoms with van der Waals surface area (Å²) in [6, 6.07) is 3.39. The highest BCUT2D eigenvalue weighted by atomic mass is 19.4. The Morgan fingerprint density at radius 1 is 0.893 bits per heavy atom. The van der Waals surface area contributed by atoms with Crippen molar-refractivity contribution < 1.29 is 32.2 Å². The van der Waals surface area contributed by atoms with Gasteiger partial charge in [-0.3, -0.25) is 0 Å². The van der Waals surface area contributed by atoms with Crippen molar-refractivity contribution in [3.8, 4) is 11.5 Å². The lowest BCUT2D eigenvalue weighted by atomic mass is 9.61. The summed E-state index contributed by atoms with van der Waals surface area (Å²) >= 11 is 0. The molecule has 0 spiro atoms. The first kappa shape index (κ1) is 20.0. The van der Waals surface area contributed by atoms with Crippen LogP contribution in [-0.2, 0) is 5.41 Å². The highest BCUT2D eigenvalue weighted by Gasteiger charge is 2.51. The number of benzene rings is 2. The van der Waals surface area contributed by atoms with Crippen molar-refractivity contribution in [2.75, 3.05) is 11.5 Å². The molecule has 2 aromatic rings. The molecule has 6 N–H and O–H groups in total. The monoisotopic (exact) mass is 402 g/mol. The van der Waals surface area contributed by atoms with E-state index >= 15 is 0 Å². The number of aromatic hydroxyl groups is 2. The summed E-state index contributed by atoms with van der Waals surface area (Å²) in [6.07, 6.45) is -5.30. The number of alkyl halides is 3. The Labute approximate surface area is 157 Å². The molecule has 1 aliphatic carbocycles. The summed E-state index contributed by atoms with van der Waals surface area (Å²) in [5, 5.41) is 20.9. The number of halogens is 5. The molecule has 3 rings (SSSR count). The number of nitrogens with two attached hydrogens (primary N) is 2. The van der Waals surface area contributed by atoms with Gasteiger partial charge >= 0.3 is 6.18 Å². The molecule has 152 valence electrons. The second-order valence-corrected chi connectivity index (χ2v) is 7.20. The highest BCUT2D eigenvalue weighted by Crippen LogP contribution is 2.56. The third kappa shape index (κ3) is 3.29. The third-order valence-corrected chi connectivity index (χ3v) is 5.45. The maximum absolute atomic E-state index is 14.1. The third-order valence-electron chi connectivity index (χ3n) is 5.45. The van der Waals surface area contributed by atoms with Crippen LogP contribution in [0.1, 0.15) is 36.8 Å². The molecule has 0 saturated heterocycles. The van der Waals surface area contributed by atoms with Gasteiger partial charge < -0.3 is 21.7 Å². The van der Waals surface area contributed by atoms with Gasteiger partial charge in [0, 0.05) is 28.7 Å². The number of hydrogen-bond donors (Lipinski definition) is 4. The van der Waals surface area contributed by atoms with E-state index in [1.165, 1.54) is 0 Å². The molecule has 0 bridgehead atoms. The van der Waals surface area contributed by atoms with Crippen LogP contribution in [0.5, 0.6) is 11.5 Å². The Balaban J connectivity index is 2.33. The van der Waals surface area contributed by atoms with E-state index in [9.17, 15) is 32.2 Å². The van der Waals surface area contributed by atoms with E-state index < -0.39 is 47.1 Å². The number of phenolic OH excluding ortho intramolecular Hbond substituents is 2. The maximum atomic E-state index is 14.1. The molecular formula is C19H19F5N2O2. The van der Waals surface area contributed by atoms with Gasteiger partial charge in [-0.25, -0.2) is 8.78 Å². The van der Waals surface area contributed by atoms with Crippen molar-refractivity contribution in [1.82, 2.24) is 0 Å². The minimum Gasteiger partial charge on any atom is -0.505 e. The predicted octanol–water partition coefficient (Wildman–Crippen LogP) is 4.58. The van der Waals surface area contributed by atoms with Gasteiger partial charge in [-0.2, -0.15) is 13.2 Å². The lowest BCUT2D eigenvalue weighted by Crippen LogP contribution is -2.39. The van der Waals surface area contributed by atoms with Gasteiger partial charge in [-0.05, 0) is 31.4 Å². The van der Waals surface area contributed by atoms with Crippen LogP contribution in [0, 0.1) is 17.6 Å². The Bertz CT molecular complexity index is 857. The summed E-state index contributed by atoms with van der Waals surface area (Å²) in [4.78, 5) is 0. The molecule has 28 heavy (non-hydrogen) atoms. The van der Waals surface area contributed by atoms with Crippen LogP contribution >= 0.6 is 0 Å². The van der Waals surface area contributed by atoms with E-state index in [4.69, 9.17) is 11.5 Å². The topological polar surface area (TPSA) is 92.5 Å². The number of phenols is 2. The van der Waals surface area contributed by atoms with Crippen molar-refractivity contribution >= 4 is 11.4 Å². The van der Waals surface area contributed by atoms with E-state index in [0.717, 1.165) is 24.3 Å². The van der Waals surface area contributed by atoms with Crippen LogP contribution in [0.15, 0.2) is 24.3 Å². The smallest absolute Gasteiger partial charge is 0.391 e. The number of rotatable bonds is 2. The van der Waals surface area contributed by atoms with E-state index in [1.807, 2.05) is 0 Å². The van der Waals surface area contributed by atoms with Crippen LogP contribution in [0.25, 0.3) is 0 Å². The van der Waals surface area contributed by atoms with Gasteiger partial charge in [0.15, 0.2) is 0 Å². The molecule has 1 aliphatic rings. The van der Waals surface area contributed by atoms with E-state index in [1.54, 1.807) is 0 Å².